The second kappa shape index (κ2) is 7.69. The molecule has 0 aromatic carbocycles. The molecule has 0 aliphatic carbocycles. The number of aromatic nitrogens is 4. The SMILES string of the molecule is CC(C)(C)OC(=O)N1CCCC(Nc2cncc(-c3cnc4ccccn34)n2)C1. The van der Waals surface area contributed by atoms with Crippen molar-refractivity contribution in [2.45, 2.75) is 45.3 Å². The van der Waals surface area contributed by atoms with E-state index in [4.69, 9.17) is 9.72 Å². The Morgan fingerprint density at radius 3 is 2.93 bits per heavy atom. The minimum atomic E-state index is -0.495. The minimum absolute atomic E-state index is 0.100. The maximum Gasteiger partial charge on any atom is 0.410 e. The normalized spacial score (nSPS) is 17.3. The molecular formula is C21H26N6O2. The zero-order valence-electron chi connectivity index (χ0n) is 17.0. The van der Waals surface area contributed by atoms with Crippen molar-refractivity contribution >= 4 is 17.6 Å². The van der Waals surface area contributed by atoms with E-state index >= 15 is 0 Å². The average Bonchev–Trinajstić information content (AvgIpc) is 3.11. The zero-order chi connectivity index (χ0) is 20.4. The number of imidazole rings is 1. The molecule has 0 spiro atoms. The van der Waals surface area contributed by atoms with E-state index in [2.05, 4.69) is 15.3 Å². The Hall–Kier alpha value is -3.16. The predicted molar refractivity (Wildman–Crippen MR) is 111 cm³/mol. The van der Waals surface area contributed by atoms with Crippen molar-refractivity contribution in [1.29, 1.82) is 0 Å². The first-order valence-corrected chi connectivity index (χ1v) is 9.88. The third-order valence-corrected chi connectivity index (χ3v) is 4.74. The summed E-state index contributed by atoms with van der Waals surface area (Å²) in [6.07, 6.45) is 8.80. The van der Waals surface area contributed by atoms with Gasteiger partial charge in [0.05, 0.1) is 24.3 Å². The molecule has 29 heavy (non-hydrogen) atoms. The fourth-order valence-corrected chi connectivity index (χ4v) is 3.48. The number of nitrogens with one attached hydrogen (secondary N) is 1. The fraction of sp³-hybridized carbons (Fsp3) is 0.429. The summed E-state index contributed by atoms with van der Waals surface area (Å²) >= 11 is 0. The van der Waals surface area contributed by atoms with Crippen molar-refractivity contribution in [3.8, 4) is 11.4 Å². The average molecular weight is 394 g/mol. The van der Waals surface area contributed by atoms with E-state index < -0.39 is 5.60 Å². The number of carbonyl (C=O) groups excluding carboxylic acids is 1. The third-order valence-electron chi connectivity index (χ3n) is 4.74. The molecule has 0 radical (unpaired) electrons. The smallest absolute Gasteiger partial charge is 0.410 e. The van der Waals surface area contributed by atoms with Gasteiger partial charge < -0.3 is 15.0 Å². The molecule has 4 rings (SSSR count). The molecule has 4 heterocycles. The summed E-state index contributed by atoms with van der Waals surface area (Å²) in [7, 11) is 0. The number of hydrogen-bond donors (Lipinski definition) is 1. The van der Waals surface area contributed by atoms with Crippen LogP contribution in [0, 0.1) is 0 Å². The summed E-state index contributed by atoms with van der Waals surface area (Å²) in [5, 5.41) is 3.43. The van der Waals surface area contributed by atoms with Gasteiger partial charge in [-0.15, -0.1) is 0 Å². The summed E-state index contributed by atoms with van der Waals surface area (Å²) in [5.74, 6) is 0.685. The molecule has 0 saturated carbocycles. The monoisotopic (exact) mass is 394 g/mol. The number of carbonyl (C=O) groups is 1. The van der Waals surface area contributed by atoms with Crippen LogP contribution in [0.2, 0.25) is 0 Å². The van der Waals surface area contributed by atoms with Crippen molar-refractivity contribution in [1.82, 2.24) is 24.3 Å². The van der Waals surface area contributed by atoms with Crippen LogP contribution >= 0.6 is 0 Å². The Morgan fingerprint density at radius 1 is 1.24 bits per heavy atom. The number of hydrogen-bond acceptors (Lipinski definition) is 6. The first-order valence-electron chi connectivity index (χ1n) is 9.88. The molecule has 1 amide bonds. The molecule has 3 aromatic heterocycles. The lowest BCUT2D eigenvalue weighted by molar-refractivity contribution is 0.0206. The van der Waals surface area contributed by atoms with Crippen LogP contribution in [-0.4, -0.2) is 55.1 Å². The molecule has 1 aliphatic heterocycles. The van der Waals surface area contributed by atoms with Gasteiger partial charge in [0.25, 0.3) is 0 Å². The molecule has 1 unspecified atom stereocenters. The van der Waals surface area contributed by atoms with Crippen LogP contribution in [0.15, 0.2) is 43.0 Å². The van der Waals surface area contributed by atoms with E-state index in [9.17, 15) is 4.79 Å². The van der Waals surface area contributed by atoms with Gasteiger partial charge in [0.1, 0.15) is 22.8 Å². The second-order valence-corrected chi connectivity index (χ2v) is 8.27. The summed E-state index contributed by atoms with van der Waals surface area (Å²) in [6.45, 7) is 6.93. The van der Waals surface area contributed by atoms with Crippen molar-refractivity contribution in [3.05, 3.63) is 43.0 Å². The lowest BCUT2D eigenvalue weighted by Crippen LogP contribution is -2.47. The van der Waals surface area contributed by atoms with Crippen LogP contribution in [-0.2, 0) is 4.74 Å². The van der Waals surface area contributed by atoms with Gasteiger partial charge in [-0.1, -0.05) is 6.07 Å². The number of amides is 1. The van der Waals surface area contributed by atoms with Crippen LogP contribution in [0.4, 0.5) is 10.6 Å². The zero-order valence-corrected chi connectivity index (χ0v) is 17.0. The highest BCUT2D eigenvalue weighted by molar-refractivity contribution is 5.68. The van der Waals surface area contributed by atoms with Crippen LogP contribution in [0.5, 0.6) is 0 Å². The summed E-state index contributed by atoms with van der Waals surface area (Å²) in [4.78, 5) is 27.6. The van der Waals surface area contributed by atoms with Gasteiger partial charge in [-0.05, 0) is 45.7 Å². The first-order chi connectivity index (χ1) is 13.9. The molecule has 152 valence electrons. The summed E-state index contributed by atoms with van der Waals surface area (Å²) in [5.41, 5.74) is 2.00. The topological polar surface area (TPSA) is 84.6 Å². The maximum atomic E-state index is 12.4. The van der Waals surface area contributed by atoms with Gasteiger partial charge in [-0.25, -0.2) is 14.8 Å². The Morgan fingerprint density at radius 2 is 2.10 bits per heavy atom. The molecule has 3 aromatic rings. The second-order valence-electron chi connectivity index (χ2n) is 8.27. The number of piperidine rings is 1. The van der Waals surface area contributed by atoms with E-state index in [0.29, 0.717) is 18.9 Å². The number of anilines is 1. The molecule has 1 N–H and O–H groups in total. The van der Waals surface area contributed by atoms with Gasteiger partial charge in [-0.3, -0.25) is 9.38 Å². The van der Waals surface area contributed by atoms with Crippen molar-refractivity contribution in [2.24, 2.45) is 0 Å². The lowest BCUT2D eigenvalue weighted by Gasteiger charge is -2.34. The number of likely N-dealkylation sites (tertiary alicyclic amines) is 1. The number of fused-ring (bicyclic) bond motifs is 1. The van der Waals surface area contributed by atoms with E-state index in [1.165, 1.54) is 0 Å². The van der Waals surface area contributed by atoms with Gasteiger partial charge in [0.15, 0.2) is 0 Å². The van der Waals surface area contributed by atoms with Crippen molar-refractivity contribution in [3.63, 3.8) is 0 Å². The molecular weight excluding hydrogens is 368 g/mol. The fourth-order valence-electron chi connectivity index (χ4n) is 3.48. The van der Waals surface area contributed by atoms with Crippen molar-refractivity contribution in [2.75, 3.05) is 18.4 Å². The Bertz CT molecular complexity index is 1010. The molecule has 1 atom stereocenters. The van der Waals surface area contributed by atoms with Crippen LogP contribution in [0.1, 0.15) is 33.6 Å². The largest absolute Gasteiger partial charge is 0.444 e. The first kappa shape index (κ1) is 19.2. The summed E-state index contributed by atoms with van der Waals surface area (Å²) in [6, 6.07) is 5.96. The lowest BCUT2D eigenvalue weighted by atomic mass is 10.1. The molecule has 0 bridgehead atoms. The highest BCUT2D eigenvalue weighted by Crippen LogP contribution is 2.21. The predicted octanol–water partition coefficient (Wildman–Crippen LogP) is 3.60. The Labute approximate surface area is 169 Å². The molecule has 1 aliphatic rings. The standard InChI is InChI=1S/C21H26N6O2/c1-21(2,3)29-20(28)26-9-6-7-15(14-26)24-18-13-22-11-16(25-18)17-12-23-19-8-4-5-10-27(17)19/h4-5,8,10-13,15H,6-7,9,14H2,1-3H3,(H,24,25). The Balaban J connectivity index is 1.47. The van der Waals surface area contributed by atoms with Crippen LogP contribution in [0.25, 0.3) is 17.0 Å². The highest BCUT2D eigenvalue weighted by atomic mass is 16.6. The quantitative estimate of drug-likeness (QED) is 0.731. The number of ether oxygens (including phenoxy) is 1. The van der Waals surface area contributed by atoms with E-state index in [1.54, 1.807) is 23.5 Å². The number of nitrogens with zero attached hydrogens (tertiary/aromatic N) is 5. The van der Waals surface area contributed by atoms with Gasteiger partial charge >= 0.3 is 6.09 Å². The van der Waals surface area contributed by atoms with E-state index in [-0.39, 0.29) is 12.1 Å². The molecule has 1 fully saturated rings. The van der Waals surface area contributed by atoms with Crippen molar-refractivity contribution < 1.29 is 9.53 Å². The van der Waals surface area contributed by atoms with Gasteiger partial charge in [0, 0.05) is 25.3 Å². The minimum Gasteiger partial charge on any atom is -0.444 e. The maximum absolute atomic E-state index is 12.4. The number of pyridine rings is 1. The molecule has 8 heteroatoms. The van der Waals surface area contributed by atoms with Crippen LogP contribution < -0.4 is 5.32 Å². The van der Waals surface area contributed by atoms with Crippen LogP contribution in [0.3, 0.4) is 0 Å². The Kier molecular flexibility index (Phi) is 5.08. The summed E-state index contributed by atoms with van der Waals surface area (Å²) < 4.78 is 7.49. The van der Waals surface area contributed by atoms with Gasteiger partial charge in [0.2, 0.25) is 0 Å². The number of rotatable bonds is 3. The molecule has 8 nitrogen and oxygen atoms in total. The van der Waals surface area contributed by atoms with Gasteiger partial charge in [-0.2, -0.15) is 0 Å². The van der Waals surface area contributed by atoms with E-state index in [1.807, 2.05) is 49.6 Å². The van der Waals surface area contributed by atoms with E-state index in [0.717, 1.165) is 29.9 Å². The third kappa shape index (κ3) is 4.47. The molecule has 1 saturated heterocycles. The highest BCUT2D eigenvalue weighted by Gasteiger charge is 2.27.